The van der Waals surface area contributed by atoms with Gasteiger partial charge in [0.2, 0.25) is 0 Å². The maximum atomic E-state index is 11.4. The van der Waals surface area contributed by atoms with E-state index in [1.54, 1.807) is 6.07 Å². The number of H-pyrrole nitrogens is 1. The predicted molar refractivity (Wildman–Crippen MR) is 74.5 cm³/mol. The third-order valence-corrected chi connectivity index (χ3v) is 6.36. The molecule has 2 N–H and O–H groups in total. The summed E-state index contributed by atoms with van der Waals surface area (Å²) in [6.07, 6.45) is 3.64. The number of hydrogen-bond donors (Lipinski definition) is 2. The van der Waals surface area contributed by atoms with Gasteiger partial charge in [0.1, 0.15) is 0 Å². The highest BCUT2D eigenvalue weighted by Crippen LogP contribution is 2.70. The van der Waals surface area contributed by atoms with Gasteiger partial charge in [-0.05, 0) is 49.0 Å². The summed E-state index contributed by atoms with van der Waals surface area (Å²) in [5.74, 6) is 0.289. The van der Waals surface area contributed by atoms with E-state index in [1.807, 2.05) is 6.92 Å². The van der Waals surface area contributed by atoms with Crippen LogP contribution in [0, 0.1) is 23.7 Å². The number of nitrogens with one attached hydrogen (secondary N) is 1. The van der Waals surface area contributed by atoms with Crippen LogP contribution in [-0.2, 0) is 0 Å². The van der Waals surface area contributed by atoms with Crippen LogP contribution in [0.15, 0.2) is 6.07 Å². The summed E-state index contributed by atoms with van der Waals surface area (Å²) in [7, 11) is 0. The first-order chi connectivity index (χ1) is 8.77. The molecule has 2 saturated carbocycles. The van der Waals surface area contributed by atoms with Crippen molar-refractivity contribution in [2.75, 3.05) is 0 Å². The van der Waals surface area contributed by atoms with Gasteiger partial charge in [0.05, 0.1) is 5.56 Å². The van der Waals surface area contributed by atoms with E-state index >= 15 is 0 Å². The number of rotatable bonds is 2. The average Bonchev–Trinajstić information content (AvgIpc) is 2.86. The number of aromatic carboxylic acids is 1. The minimum absolute atomic E-state index is 0.221. The molecule has 0 saturated heterocycles. The number of carboxylic acid groups (broad SMARTS) is 1. The zero-order valence-corrected chi connectivity index (χ0v) is 12.2. The van der Waals surface area contributed by atoms with E-state index in [2.05, 4.69) is 25.8 Å². The lowest BCUT2D eigenvalue weighted by atomic mass is 9.65. The van der Waals surface area contributed by atoms with Crippen LogP contribution >= 0.6 is 0 Å². The van der Waals surface area contributed by atoms with Crippen LogP contribution in [0.5, 0.6) is 0 Å². The number of aromatic amines is 1. The van der Waals surface area contributed by atoms with Crippen LogP contribution in [0.3, 0.4) is 0 Å². The van der Waals surface area contributed by atoms with Gasteiger partial charge in [0.15, 0.2) is 0 Å². The second-order valence-electron chi connectivity index (χ2n) is 7.25. The molecule has 2 aliphatic rings. The third-order valence-electron chi connectivity index (χ3n) is 6.36. The maximum absolute atomic E-state index is 11.4. The molecule has 2 fully saturated rings. The first kappa shape index (κ1) is 12.8. The Morgan fingerprint density at radius 1 is 1.42 bits per heavy atom. The highest BCUT2D eigenvalue weighted by Gasteiger charge is 2.62. The molecule has 3 unspecified atom stereocenters. The van der Waals surface area contributed by atoms with Crippen LogP contribution in [-0.4, -0.2) is 16.1 Å². The van der Waals surface area contributed by atoms with Gasteiger partial charge in [-0.2, -0.15) is 0 Å². The molecule has 0 spiro atoms. The van der Waals surface area contributed by atoms with Gasteiger partial charge in [0, 0.05) is 17.3 Å². The Labute approximate surface area is 114 Å². The fourth-order valence-electron chi connectivity index (χ4n) is 4.70. The van der Waals surface area contributed by atoms with Crippen LogP contribution in [0.2, 0.25) is 0 Å². The molecule has 1 aromatic heterocycles. The lowest BCUT2D eigenvalue weighted by Crippen LogP contribution is -2.31. The molecule has 2 aliphatic carbocycles. The Morgan fingerprint density at radius 3 is 2.58 bits per heavy atom. The molecule has 3 heteroatoms. The first-order valence-corrected chi connectivity index (χ1v) is 7.20. The Bertz CT molecular complexity index is 543. The quantitative estimate of drug-likeness (QED) is 0.847. The fraction of sp³-hybridized carbons (Fsp3) is 0.688. The van der Waals surface area contributed by atoms with Crippen molar-refractivity contribution in [3.63, 3.8) is 0 Å². The van der Waals surface area contributed by atoms with Gasteiger partial charge in [-0.15, -0.1) is 0 Å². The number of aryl methyl sites for hydroxylation is 1. The Hall–Kier alpha value is -1.25. The molecular formula is C16H23NO2. The summed E-state index contributed by atoms with van der Waals surface area (Å²) in [4.78, 5) is 14.8. The molecule has 104 valence electrons. The second kappa shape index (κ2) is 3.65. The van der Waals surface area contributed by atoms with Crippen molar-refractivity contribution < 1.29 is 9.90 Å². The molecule has 2 bridgehead atoms. The molecule has 0 aliphatic heterocycles. The molecular weight excluding hydrogens is 238 g/mol. The van der Waals surface area contributed by atoms with Gasteiger partial charge in [-0.1, -0.05) is 20.8 Å². The number of aromatic nitrogens is 1. The highest BCUT2D eigenvalue weighted by atomic mass is 16.4. The monoisotopic (exact) mass is 261 g/mol. The minimum Gasteiger partial charge on any atom is -0.478 e. The van der Waals surface area contributed by atoms with E-state index in [0.29, 0.717) is 16.9 Å². The third kappa shape index (κ3) is 1.47. The van der Waals surface area contributed by atoms with Crippen molar-refractivity contribution in [1.82, 2.24) is 4.98 Å². The Kier molecular flexibility index (Phi) is 2.45. The molecule has 0 amide bonds. The van der Waals surface area contributed by atoms with Crippen LogP contribution in [0.4, 0.5) is 0 Å². The zero-order chi connectivity index (χ0) is 14.0. The summed E-state index contributed by atoms with van der Waals surface area (Å²) in [5, 5.41) is 9.40. The van der Waals surface area contributed by atoms with Gasteiger partial charge in [0.25, 0.3) is 0 Å². The van der Waals surface area contributed by atoms with Crippen molar-refractivity contribution in [3.8, 4) is 0 Å². The predicted octanol–water partition coefficient (Wildman–Crippen LogP) is 3.95. The maximum Gasteiger partial charge on any atom is 0.337 e. The molecule has 3 nitrogen and oxygen atoms in total. The fourth-order valence-corrected chi connectivity index (χ4v) is 4.70. The molecule has 19 heavy (non-hydrogen) atoms. The van der Waals surface area contributed by atoms with Crippen molar-refractivity contribution >= 4 is 5.97 Å². The van der Waals surface area contributed by atoms with E-state index in [4.69, 9.17) is 0 Å². The number of hydrogen-bond acceptors (Lipinski definition) is 1. The van der Waals surface area contributed by atoms with Gasteiger partial charge >= 0.3 is 5.97 Å². The van der Waals surface area contributed by atoms with E-state index in [0.717, 1.165) is 23.7 Å². The van der Waals surface area contributed by atoms with E-state index in [1.165, 1.54) is 12.8 Å². The van der Waals surface area contributed by atoms with Crippen LogP contribution in [0.25, 0.3) is 0 Å². The Morgan fingerprint density at radius 2 is 2.11 bits per heavy atom. The van der Waals surface area contributed by atoms with Crippen LogP contribution < -0.4 is 0 Å². The second-order valence-corrected chi connectivity index (χ2v) is 7.25. The van der Waals surface area contributed by atoms with E-state index < -0.39 is 5.97 Å². The van der Waals surface area contributed by atoms with Crippen molar-refractivity contribution in [2.45, 2.75) is 52.9 Å². The smallest absolute Gasteiger partial charge is 0.337 e. The molecule has 1 aromatic rings. The lowest BCUT2D eigenvalue weighted by molar-refractivity contribution is 0.0692. The van der Waals surface area contributed by atoms with Gasteiger partial charge < -0.3 is 10.1 Å². The first-order valence-electron chi connectivity index (χ1n) is 7.20. The van der Waals surface area contributed by atoms with Gasteiger partial charge in [-0.3, -0.25) is 0 Å². The standard InChI is InChI=1S/C16H23NO2/c1-9-7-11(14(18)19)13(17-9)12-8-10-5-6-16(12,4)15(10,2)3/h7,10,12,17H,5-6,8H2,1-4H3,(H,18,19). The SMILES string of the molecule is Cc1cc(C(=O)O)c(C2CC3CCC2(C)C3(C)C)[nH]1. The summed E-state index contributed by atoms with van der Waals surface area (Å²) in [6, 6.07) is 1.78. The van der Waals surface area contributed by atoms with Crippen LogP contribution in [0.1, 0.15) is 67.7 Å². The molecule has 1 heterocycles. The summed E-state index contributed by atoms with van der Waals surface area (Å²) in [5.41, 5.74) is 2.93. The average molecular weight is 261 g/mol. The summed E-state index contributed by atoms with van der Waals surface area (Å²) < 4.78 is 0. The van der Waals surface area contributed by atoms with Crippen molar-refractivity contribution in [2.24, 2.45) is 16.7 Å². The van der Waals surface area contributed by atoms with Crippen molar-refractivity contribution in [1.29, 1.82) is 0 Å². The normalized spacial score (nSPS) is 35.8. The number of carboxylic acids is 1. The zero-order valence-electron chi connectivity index (χ0n) is 12.2. The van der Waals surface area contributed by atoms with Crippen molar-refractivity contribution in [3.05, 3.63) is 23.0 Å². The largest absolute Gasteiger partial charge is 0.478 e. The van der Waals surface area contributed by atoms with E-state index in [-0.39, 0.29) is 5.41 Å². The topological polar surface area (TPSA) is 53.1 Å². The summed E-state index contributed by atoms with van der Waals surface area (Å²) >= 11 is 0. The highest BCUT2D eigenvalue weighted by molar-refractivity contribution is 5.89. The molecule has 3 rings (SSSR count). The number of fused-ring (bicyclic) bond motifs is 2. The minimum atomic E-state index is -0.802. The molecule has 3 atom stereocenters. The van der Waals surface area contributed by atoms with Gasteiger partial charge in [-0.25, -0.2) is 4.79 Å². The number of carbonyl (C=O) groups is 1. The Balaban J connectivity index is 2.08. The lowest BCUT2D eigenvalue weighted by Gasteiger charge is -2.39. The molecule has 0 radical (unpaired) electrons. The summed E-state index contributed by atoms with van der Waals surface area (Å²) in [6.45, 7) is 9.02. The van der Waals surface area contributed by atoms with E-state index in [9.17, 15) is 9.90 Å². The molecule has 0 aromatic carbocycles.